The highest BCUT2D eigenvalue weighted by atomic mass is 16.5. The molecule has 3 rings (SSSR count). The van der Waals surface area contributed by atoms with Crippen LogP contribution in [0.15, 0.2) is 0 Å². The molecule has 6 atom stereocenters. The second-order valence-corrected chi connectivity index (χ2v) is 7.89. The molecule has 0 N–H and O–H groups in total. The normalized spacial score (nSPS) is 46.0. The molecule has 4 nitrogen and oxygen atoms in total. The average Bonchev–Trinajstić information content (AvgIpc) is 2.73. The fraction of sp³-hybridized carbons (Fsp3) is 0.882. The molecule has 2 aliphatic carbocycles. The van der Waals surface area contributed by atoms with Gasteiger partial charge in [0.05, 0.1) is 6.04 Å². The van der Waals surface area contributed by atoms with E-state index in [4.69, 9.17) is 4.74 Å². The molecule has 4 heteroatoms. The highest BCUT2D eigenvalue weighted by molar-refractivity contribution is 5.85. The van der Waals surface area contributed by atoms with Gasteiger partial charge < -0.3 is 4.74 Å². The second-order valence-electron chi connectivity index (χ2n) is 7.89. The van der Waals surface area contributed by atoms with Crippen LogP contribution < -0.4 is 0 Å². The quantitative estimate of drug-likeness (QED) is 0.732. The Kier molecular flexibility index (Phi) is 3.43. The van der Waals surface area contributed by atoms with Crippen molar-refractivity contribution in [3.8, 4) is 0 Å². The number of nitrogens with zero attached hydrogens (tertiary/aromatic N) is 1. The summed E-state index contributed by atoms with van der Waals surface area (Å²) < 4.78 is 5.78. The molecule has 0 aromatic carbocycles. The van der Waals surface area contributed by atoms with E-state index in [9.17, 15) is 9.59 Å². The third-order valence-electron chi connectivity index (χ3n) is 6.49. The van der Waals surface area contributed by atoms with E-state index in [0.29, 0.717) is 24.0 Å². The van der Waals surface area contributed by atoms with Crippen LogP contribution in [0.5, 0.6) is 0 Å². The van der Waals surface area contributed by atoms with Gasteiger partial charge in [0.2, 0.25) is 0 Å². The number of Topliss-reactive ketones (excluding diaryl/α,β-unsaturated/α-hetero) is 1. The van der Waals surface area contributed by atoms with Crippen LogP contribution in [0.4, 0.5) is 0 Å². The van der Waals surface area contributed by atoms with E-state index >= 15 is 0 Å². The predicted octanol–water partition coefficient (Wildman–Crippen LogP) is 2.12. The number of ether oxygens (including phenoxy) is 1. The van der Waals surface area contributed by atoms with Crippen molar-refractivity contribution in [2.24, 2.45) is 29.1 Å². The van der Waals surface area contributed by atoms with Crippen LogP contribution in [0.1, 0.15) is 40.5 Å². The first kappa shape index (κ1) is 15.0. The molecule has 1 aliphatic heterocycles. The van der Waals surface area contributed by atoms with Crippen LogP contribution >= 0.6 is 0 Å². The summed E-state index contributed by atoms with van der Waals surface area (Å²) in [4.78, 5) is 26.4. The summed E-state index contributed by atoms with van der Waals surface area (Å²) in [5.74, 6) is 1.51. The van der Waals surface area contributed by atoms with Gasteiger partial charge in [-0.05, 0) is 25.3 Å². The largest absolute Gasteiger partial charge is 0.461 e. The van der Waals surface area contributed by atoms with E-state index in [1.54, 1.807) is 0 Å². The van der Waals surface area contributed by atoms with Crippen molar-refractivity contribution < 1.29 is 14.3 Å². The van der Waals surface area contributed by atoms with E-state index in [2.05, 4.69) is 32.7 Å². The van der Waals surface area contributed by atoms with E-state index in [0.717, 1.165) is 13.0 Å². The Hall–Kier alpha value is -0.900. The Morgan fingerprint density at radius 3 is 2.67 bits per heavy atom. The lowest BCUT2D eigenvalue weighted by atomic mass is 9.58. The molecule has 0 aromatic heterocycles. The summed E-state index contributed by atoms with van der Waals surface area (Å²) in [5, 5.41) is 0. The topological polar surface area (TPSA) is 46.6 Å². The van der Waals surface area contributed by atoms with Gasteiger partial charge in [-0.2, -0.15) is 0 Å². The van der Waals surface area contributed by atoms with Crippen molar-refractivity contribution in [3.05, 3.63) is 0 Å². The number of hydrogen-bond donors (Lipinski definition) is 0. The van der Waals surface area contributed by atoms with E-state index in [-0.39, 0.29) is 35.4 Å². The van der Waals surface area contributed by atoms with Crippen molar-refractivity contribution >= 4 is 11.8 Å². The summed E-state index contributed by atoms with van der Waals surface area (Å²) in [5.41, 5.74) is -0.0165. The average molecular weight is 293 g/mol. The number of likely N-dealkylation sites (tertiary alicyclic amines) is 1. The van der Waals surface area contributed by atoms with Crippen LogP contribution in [-0.4, -0.2) is 42.4 Å². The van der Waals surface area contributed by atoms with Gasteiger partial charge in [-0.15, -0.1) is 0 Å². The zero-order valence-corrected chi connectivity index (χ0v) is 13.8. The molecular formula is C17H27NO3. The Labute approximate surface area is 127 Å². The van der Waals surface area contributed by atoms with Gasteiger partial charge in [0, 0.05) is 37.1 Å². The molecule has 0 aromatic rings. The number of likely N-dealkylation sites (N-methyl/N-ethyl adjacent to an activating group) is 1. The van der Waals surface area contributed by atoms with E-state index in [1.165, 1.54) is 6.92 Å². The Balaban J connectivity index is 2.03. The number of rotatable bonds is 2. The molecule has 3 fully saturated rings. The lowest BCUT2D eigenvalue weighted by Crippen LogP contribution is -2.58. The van der Waals surface area contributed by atoms with Crippen LogP contribution in [0, 0.1) is 29.1 Å². The number of hydrogen-bond acceptors (Lipinski definition) is 4. The van der Waals surface area contributed by atoms with Crippen molar-refractivity contribution in [3.63, 3.8) is 0 Å². The molecule has 1 heterocycles. The predicted molar refractivity (Wildman–Crippen MR) is 79.6 cm³/mol. The van der Waals surface area contributed by atoms with Gasteiger partial charge in [0.15, 0.2) is 0 Å². The van der Waals surface area contributed by atoms with Gasteiger partial charge >= 0.3 is 5.97 Å². The molecule has 0 bridgehead atoms. The van der Waals surface area contributed by atoms with Gasteiger partial charge in [-0.25, -0.2) is 0 Å². The molecule has 21 heavy (non-hydrogen) atoms. The third-order valence-corrected chi connectivity index (χ3v) is 6.49. The molecule has 0 amide bonds. The first-order valence-corrected chi connectivity index (χ1v) is 8.17. The van der Waals surface area contributed by atoms with Crippen LogP contribution in [0.25, 0.3) is 0 Å². The minimum Gasteiger partial charge on any atom is -0.461 e. The van der Waals surface area contributed by atoms with Gasteiger partial charge in [0.25, 0.3) is 0 Å². The summed E-state index contributed by atoms with van der Waals surface area (Å²) in [6.45, 7) is 9.06. The molecule has 0 spiro atoms. The zero-order valence-electron chi connectivity index (χ0n) is 13.8. The molecule has 0 unspecified atom stereocenters. The maximum absolute atomic E-state index is 12.5. The Bertz CT molecular complexity index is 475. The minimum absolute atomic E-state index is 0.0165. The van der Waals surface area contributed by atoms with Gasteiger partial charge in [0.1, 0.15) is 11.9 Å². The molecule has 118 valence electrons. The maximum Gasteiger partial charge on any atom is 0.302 e. The van der Waals surface area contributed by atoms with Crippen molar-refractivity contribution in [2.45, 2.75) is 52.7 Å². The molecule has 1 saturated heterocycles. The number of carbonyl (C=O) groups excluding carboxylic acids is 2. The Morgan fingerprint density at radius 2 is 2.10 bits per heavy atom. The first-order chi connectivity index (χ1) is 9.76. The highest BCUT2D eigenvalue weighted by Crippen LogP contribution is 2.61. The first-order valence-electron chi connectivity index (χ1n) is 8.17. The zero-order chi connectivity index (χ0) is 15.5. The van der Waals surface area contributed by atoms with Crippen LogP contribution in [0.3, 0.4) is 0 Å². The maximum atomic E-state index is 12.5. The SMILES string of the molecule is CC(=O)O[C@@H]1[C@@H](C(C)C)C[C@@H]2C(=O)C[C@@H]3CN(C)[C@H]1[C@@]32C. The van der Waals surface area contributed by atoms with Crippen LogP contribution in [-0.2, 0) is 14.3 Å². The fourth-order valence-corrected chi connectivity index (χ4v) is 5.51. The van der Waals surface area contributed by atoms with Crippen molar-refractivity contribution in [1.82, 2.24) is 4.90 Å². The molecule has 2 saturated carbocycles. The fourth-order valence-electron chi connectivity index (χ4n) is 5.51. The second kappa shape index (κ2) is 4.80. The number of carbonyl (C=O) groups is 2. The van der Waals surface area contributed by atoms with Crippen LogP contribution in [0.2, 0.25) is 0 Å². The van der Waals surface area contributed by atoms with Gasteiger partial charge in [-0.3, -0.25) is 14.5 Å². The lowest BCUT2D eigenvalue weighted by molar-refractivity contribution is -0.166. The summed E-state index contributed by atoms with van der Waals surface area (Å²) in [6, 6.07) is 0.184. The van der Waals surface area contributed by atoms with E-state index in [1.807, 2.05) is 0 Å². The summed E-state index contributed by atoms with van der Waals surface area (Å²) >= 11 is 0. The minimum atomic E-state index is -0.200. The summed E-state index contributed by atoms with van der Waals surface area (Å²) in [7, 11) is 2.12. The molecule has 0 radical (unpaired) electrons. The monoisotopic (exact) mass is 293 g/mol. The standard InChI is InChI=1S/C17H27NO3/c1-9(2)12-7-13-14(20)6-11-8-18(5)16(17(11,13)4)15(12)21-10(3)19/h9,11-13,15-16H,6-8H2,1-5H3/t11-,12-,13-,15-,16-,17+/m1/s1. The molecule has 3 aliphatic rings. The summed E-state index contributed by atoms with van der Waals surface area (Å²) in [6.07, 6.45) is 1.51. The number of ketones is 1. The smallest absolute Gasteiger partial charge is 0.302 e. The molecular weight excluding hydrogens is 266 g/mol. The van der Waals surface area contributed by atoms with Crippen molar-refractivity contribution in [2.75, 3.05) is 13.6 Å². The third kappa shape index (κ3) is 1.98. The lowest BCUT2D eigenvalue weighted by Gasteiger charge is -2.51. The van der Waals surface area contributed by atoms with E-state index < -0.39 is 0 Å². The van der Waals surface area contributed by atoms with Crippen molar-refractivity contribution in [1.29, 1.82) is 0 Å². The highest BCUT2D eigenvalue weighted by Gasteiger charge is 2.67. The number of esters is 1. The Morgan fingerprint density at radius 1 is 1.43 bits per heavy atom. The van der Waals surface area contributed by atoms with Gasteiger partial charge in [-0.1, -0.05) is 20.8 Å².